The third-order valence-corrected chi connectivity index (χ3v) is 7.94. The van der Waals surface area contributed by atoms with Gasteiger partial charge in [0, 0.05) is 30.3 Å². The van der Waals surface area contributed by atoms with Gasteiger partial charge in [-0.05, 0) is 42.9 Å². The number of carbonyl (C=O) groups is 2. The Hall–Kier alpha value is -4.64. The number of carbonyl (C=O) groups excluding carboxylic acids is 2. The molecular weight excluding hydrogens is 528 g/mol. The number of rotatable bonds is 8. The van der Waals surface area contributed by atoms with Crippen LogP contribution in [0.4, 0.5) is 11.4 Å². The van der Waals surface area contributed by atoms with Crippen LogP contribution in [0.25, 0.3) is 0 Å². The molecule has 5 rings (SSSR count). The van der Waals surface area contributed by atoms with Gasteiger partial charge in [0.25, 0.3) is 11.4 Å². The molecule has 0 unspecified atom stereocenters. The summed E-state index contributed by atoms with van der Waals surface area (Å²) < 4.78 is 5.27. The second-order valence-corrected chi connectivity index (χ2v) is 10.3. The Labute approximate surface area is 236 Å². The van der Waals surface area contributed by atoms with Crippen LogP contribution in [0.5, 0.6) is 0 Å². The van der Waals surface area contributed by atoms with Crippen LogP contribution in [0.15, 0.2) is 78.9 Å². The summed E-state index contributed by atoms with van der Waals surface area (Å²) in [6, 6.07) is 20.0. The number of amides is 1. The molecule has 3 aromatic carbocycles. The summed E-state index contributed by atoms with van der Waals surface area (Å²) >= 11 is 0. The van der Waals surface area contributed by atoms with E-state index in [0.717, 1.165) is 16.7 Å². The number of likely N-dealkylation sites (tertiary alicyclic amines) is 1. The van der Waals surface area contributed by atoms with Crippen LogP contribution in [0, 0.1) is 26.1 Å². The molecular formula is C30H30N4O7. The molecule has 2 fully saturated rings. The van der Waals surface area contributed by atoms with E-state index in [0.29, 0.717) is 12.8 Å². The van der Waals surface area contributed by atoms with Crippen LogP contribution >= 0.6 is 0 Å². The molecule has 1 N–H and O–H groups in total. The molecule has 11 heteroatoms. The normalized spacial score (nSPS) is 23.7. The standard InChI is InChI=1S/C30H30N4O7/c1-2-41-30(36)25-18-24(28(31-25)21-6-4-3-5-7-21)29(35)32-26(19-8-12-22(13-9-19)33(37)38)16-17-27(32)20-10-14-23(15-11-20)34(39)40/h3-15,24-28,31H,2,16-18H2,1H3/t24-,25-,26-,27-,28-/m1/s1. The van der Waals surface area contributed by atoms with Gasteiger partial charge in [0.15, 0.2) is 0 Å². The number of ether oxygens (including phenoxy) is 1. The van der Waals surface area contributed by atoms with Crippen molar-refractivity contribution in [2.75, 3.05) is 6.61 Å². The van der Waals surface area contributed by atoms with Crippen LogP contribution in [-0.2, 0) is 14.3 Å². The largest absolute Gasteiger partial charge is 0.465 e. The Morgan fingerprint density at radius 3 is 1.80 bits per heavy atom. The lowest BCUT2D eigenvalue weighted by Crippen LogP contribution is -2.39. The highest BCUT2D eigenvalue weighted by Crippen LogP contribution is 2.47. The van der Waals surface area contributed by atoms with E-state index in [9.17, 15) is 29.8 Å². The van der Waals surface area contributed by atoms with Gasteiger partial charge in [0.1, 0.15) is 6.04 Å². The number of nitro benzene ring substituents is 2. The van der Waals surface area contributed by atoms with Crippen LogP contribution in [0.3, 0.4) is 0 Å². The van der Waals surface area contributed by atoms with Gasteiger partial charge in [-0.2, -0.15) is 0 Å². The van der Waals surface area contributed by atoms with Crippen molar-refractivity contribution in [1.82, 2.24) is 10.2 Å². The van der Waals surface area contributed by atoms with E-state index in [1.54, 1.807) is 36.1 Å². The number of nitro groups is 2. The average molecular weight is 559 g/mol. The summed E-state index contributed by atoms with van der Waals surface area (Å²) in [5, 5.41) is 25.8. The zero-order chi connectivity index (χ0) is 29.1. The van der Waals surface area contributed by atoms with Crippen molar-refractivity contribution >= 4 is 23.3 Å². The predicted octanol–water partition coefficient (Wildman–Crippen LogP) is 5.19. The highest BCUT2D eigenvalue weighted by molar-refractivity contribution is 5.84. The van der Waals surface area contributed by atoms with Crippen LogP contribution in [-0.4, -0.2) is 39.3 Å². The summed E-state index contributed by atoms with van der Waals surface area (Å²) in [5.41, 5.74) is 2.31. The van der Waals surface area contributed by atoms with Crippen molar-refractivity contribution in [3.63, 3.8) is 0 Å². The molecule has 212 valence electrons. The van der Waals surface area contributed by atoms with E-state index >= 15 is 0 Å². The SMILES string of the molecule is CCOC(=O)[C@H]1C[C@@H](C(=O)N2[C@@H](c3ccc([N+](=O)[O-])cc3)CC[C@@H]2c2ccc([N+](=O)[O-])cc2)[C@@H](c2ccccc2)N1. The van der Waals surface area contributed by atoms with Crippen LogP contribution < -0.4 is 5.32 Å². The third-order valence-electron chi connectivity index (χ3n) is 7.94. The van der Waals surface area contributed by atoms with Gasteiger partial charge in [-0.25, -0.2) is 0 Å². The zero-order valence-electron chi connectivity index (χ0n) is 22.4. The number of non-ortho nitro benzene ring substituents is 2. The van der Waals surface area contributed by atoms with Crippen molar-refractivity contribution in [3.8, 4) is 0 Å². The van der Waals surface area contributed by atoms with Gasteiger partial charge in [-0.1, -0.05) is 54.6 Å². The van der Waals surface area contributed by atoms with E-state index < -0.39 is 33.8 Å². The van der Waals surface area contributed by atoms with E-state index in [2.05, 4.69) is 5.32 Å². The number of benzene rings is 3. The second kappa shape index (κ2) is 11.8. The molecule has 2 heterocycles. The first-order valence-corrected chi connectivity index (χ1v) is 13.6. The van der Waals surface area contributed by atoms with Crippen molar-refractivity contribution < 1.29 is 24.2 Å². The van der Waals surface area contributed by atoms with E-state index in [1.807, 2.05) is 30.3 Å². The maximum absolute atomic E-state index is 14.6. The fourth-order valence-electron chi connectivity index (χ4n) is 6.03. The van der Waals surface area contributed by atoms with E-state index in [1.165, 1.54) is 24.3 Å². The molecule has 2 saturated heterocycles. The number of nitrogens with one attached hydrogen (secondary N) is 1. The summed E-state index contributed by atoms with van der Waals surface area (Å²) in [7, 11) is 0. The van der Waals surface area contributed by atoms with Crippen molar-refractivity contribution in [3.05, 3.63) is 116 Å². The molecule has 41 heavy (non-hydrogen) atoms. The van der Waals surface area contributed by atoms with Gasteiger partial charge < -0.3 is 9.64 Å². The maximum atomic E-state index is 14.6. The Balaban J connectivity index is 1.53. The maximum Gasteiger partial charge on any atom is 0.323 e. The lowest BCUT2D eigenvalue weighted by Gasteiger charge is -2.34. The molecule has 0 radical (unpaired) electrons. The number of esters is 1. The molecule has 11 nitrogen and oxygen atoms in total. The Kier molecular flexibility index (Phi) is 8.06. The quantitative estimate of drug-likeness (QED) is 0.226. The zero-order valence-corrected chi connectivity index (χ0v) is 22.4. The number of nitrogens with zero attached hydrogens (tertiary/aromatic N) is 3. The molecule has 3 aromatic rings. The molecule has 5 atom stereocenters. The van der Waals surface area contributed by atoms with Crippen molar-refractivity contribution in [2.24, 2.45) is 5.92 Å². The van der Waals surface area contributed by atoms with Crippen LogP contribution in [0.1, 0.15) is 61.0 Å². The minimum absolute atomic E-state index is 0.0436. The predicted molar refractivity (Wildman–Crippen MR) is 149 cm³/mol. The number of hydrogen-bond acceptors (Lipinski definition) is 8. The van der Waals surface area contributed by atoms with E-state index in [4.69, 9.17) is 4.74 Å². The molecule has 0 spiro atoms. The van der Waals surface area contributed by atoms with Crippen molar-refractivity contribution in [2.45, 2.75) is 50.4 Å². The average Bonchev–Trinajstić information content (AvgIpc) is 3.63. The van der Waals surface area contributed by atoms with Gasteiger partial charge in [0.2, 0.25) is 5.91 Å². The Morgan fingerprint density at radius 1 is 0.829 bits per heavy atom. The molecule has 1 amide bonds. The summed E-state index contributed by atoms with van der Waals surface area (Å²) in [4.78, 5) is 50.7. The summed E-state index contributed by atoms with van der Waals surface area (Å²) in [5.74, 6) is -1.17. The highest BCUT2D eigenvalue weighted by atomic mass is 16.6. The highest BCUT2D eigenvalue weighted by Gasteiger charge is 2.48. The smallest absolute Gasteiger partial charge is 0.323 e. The Bertz CT molecular complexity index is 1360. The molecule has 0 saturated carbocycles. The van der Waals surface area contributed by atoms with Gasteiger partial charge >= 0.3 is 5.97 Å². The lowest BCUT2D eigenvalue weighted by molar-refractivity contribution is -0.385. The molecule has 2 aliphatic rings. The first-order valence-electron chi connectivity index (χ1n) is 13.6. The van der Waals surface area contributed by atoms with Crippen LogP contribution in [0.2, 0.25) is 0 Å². The fourth-order valence-corrected chi connectivity index (χ4v) is 6.03. The molecule has 0 bridgehead atoms. The third kappa shape index (κ3) is 5.66. The Morgan fingerprint density at radius 2 is 1.34 bits per heavy atom. The van der Waals surface area contributed by atoms with E-state index in [-0.39, 0.29) is 42.4 Å². The second-order valence-electron chi connectivity index (χ2n) is 10.3. The first kappa shape index (κ1) is 27.9. The van der Waals surface area contributed by atoms with Gasteiger partial charge in [-0.3, -0.25) is 35.1 Å². The van der Waals surface area contributed by atoms with Crippen molar-refractivity contribution in [1.29, 1.82) is 0 Å². The summed E-state index contributed by atoms with van der Waals surface area (Å²) in [6.45, 7) is 1.96. The first-order chi connectivity index (χ1) is 19.8. The summed E-state index contributed by atoms with van der Waals surface area (Å²) in [6.07, 6.45) is 1.44. The molecule has 0 aliphatic carbocycles. The number of hydrogen-bond donors (Lipinski definition) is 1. The minimum Gasteiger partial charge on any atom is -0.465 e. The van der Waals surface area contributed by atoms with Gasteiger partial charge in [0.05, 0.1) is 34.5 Å². The topological polar surface area (TPSA) is 145 Å². The van der Waals surface area contributed by atoms with Gasteiger partial charge in [-0.15, -0.1) is 0 Å². The lowest BCUT2D eigenvalue weighted by atomic mass is 9.90. The molecule has 0 aromatic heterocycles. The monoisotopic (exact) mass is 558 g/mol. The fraction of sp³-hybridized carbons (Fsp3) is 0.333. The molecule has 2 aliphatic heterocycles. The minimum atomic E-state index is -0.660.